The van der Waals surface area contributed by atoms with Crippen LogP contribution in [0.4, 0.5) is 26.3 Å². The van der Waals surface area contributed by atoms with E-state index < -0.39 is 98.3 Å². The third kappa shape index (κ3) is 7.61. The van der Waals surface area contributed by atoms with E-state index in [4.69, 9.17) is 18.9 Å². The Balaban J connectivity index is 1.49. The van der Waals surface area contributed by atoms with Crippen molar-refractivity contribution in [2.45, 2.75) is 129 Å². The highest BCUT2D eigenvalue weighted by Gasteiger charge is 2.72. The lowest BCUT2D eigenvalue weighted by Gasteiger charge is -2.60. The number of carboxylic acids is 1. The van der Waals surface area contributed by atoms with Crippen LogP contribution in [0.3, 0.4) is 0 Å². The van der Waals surface area contributed by atoms with Gasteiger partial charge in [0.05, 0.1) is 0 Å². The number of benzene rings is 2. The predicted molar refractivity (Wildman–Crippen MR) is 227 cm³/mol. The summed E-state index contributed by atoms with van der Waals surface area (Å²) in [5.41, 5.74) is -11.8. The van der Waals surface area contributed by atoms with Gasteiger partial charge in [0.25, 0.3) is 11.2 Å². The van der Waals surface area contributed by atoms with Gasteiger partial charge in [0.1, 0.15) is 18.0 Å². The number of carboxylic acid groups (broad SMARTS) is 1. The Hall–Kier alpha value is -4.83. The summed E-state index contributed by atoms with van der Waals surface area (Å²) in [7, 11) is 1.45. The Labute approximate surface area is 380 Å². The summed E-state index contributed by atoms with van der Waals surface area (Å²) in [6.07, 6.45) is -12.1. The van der Waals surface area contributed by atoms with E-state index in [1.165, 1.54) is 43.3 Å². The average Bonchev–Trinajstić information content (AvgIpc) is 3.45. The van der Waals surface area contributed by atoms with Crippen LogP contribution in [0, 0.1) is 39.4 Å². The van der Waals surface area contributed by atoms with E-state index in [1.807, 2.05) is 20.8 Å². The molecule has 4 aliphatic carbocycles. The highest BCUT2D eigenvalue weighted by Crippen LogP contribution is 2.72. The number of esters is 2. The minimum atomic E-state index is -5.36. The van der Waals surface area contributed by atoms with Gasteiger partial charge in [-0.2, -0.15) is 26.3 Å². The van der Waals surface area contributed by atoms with Crippen LogP contribution >= 0.6 is 0 Å². The molecule has 2 fully saturated rings. The summed E-state index contributed by atoms with van der Waals surface area (Å²) in [4.78, 5) is 68.9. The fourth-order valence-electron chi connectivity index (χ4n) is 12.6. The Morgan fingerprint density at radius 2 is 1.33 bits per heavy atom. The molecule has 4 aliphatic rings. The summed E-state index contributed by atoms with van der Waals surface area (Å²) in [6, 6.07) is 12.4. The minimum Gasteiger partial charge on any atom is -0.478 e. The van der Waals surface area contributed by atoms with Crippen molar-refractivity contribution in [3.8, 4) is 0 Å². The van der Waals surface area contributed by atoms with Crippen molar-refractivity contribution in [3.05, 3.63) is 94.6 Å². The van der Waals surface area contributed by atoms with Crippen molar-refractivity contribution in [3.63, 3.8) is 0 Å². The number of methoxy groups -OCH3 is 2. The highest BCUT2D eigenvalue weighted by atomic mass is 19.4. The monoisotopic (exact) mass is 932 g/mol. The number of aliphatic carboxylic acids is 1. The van der Waals surface area contributed by atoms with Crippen LogP contribution < -0.4 is 0 Å². The molecule has 360 valence electrons. The van der Waals surface area contributed by atoms with Gasteiger partial charge in [0.15, 0.2) is 5.78 Å². The molecule has 66 heavy (non-hydrogen) atoms. The molecule has 16 heteroatoms. The van der Waals surface area contributed by atoms with Crippen LogP contribution in [0.5, 0.6) is 0 Å². The number of fused-ring (bicyclic) bond motifs is 4. The SMILES string of the molecule is CO[C@@](C(=O)O[C@H](/C=C(\C)C(=O)O)C[C@@H](C)[C@H]1C[C@H](OC(=O)[C@](OC)(c2ccccc2)C(F)(F)F)[C@@]2(C)C3=C(C(=O)C[C@]12C)[C@@]1(C)CCC(=O)C(C)(C)[C@@H]1CC3)(c1ccccc1)C(F)(F)F. The maximum Gasteiger partial charge on any atom is 0.432 e. The van der Waals surface area contributed by atoms with E-state index in [1.54, 1.807) is 20.8 Å². The number of alkyl halides is 6. The van der Waals surface area contributed by atoms with Crippen molar-refractivity contribution in [1.82, 2.24) is 0 Å². The first-order chi connectivity index (χ1) is 30.6. The van der Waals surface area contributed by atoms with E-state index in [0.717, 1.165) is 37.5 Å². The second-order valence-electron chi connectivity index (χ2n) is 19.8. The Bertz CT molecular complexity index is 2310. The molecule has 0 unspecified atom stereocenters. The zero-order chi connectivity index (χ0) is 49.2. The van der Waals surface area contributed by atoms with E-state index in [0.29, 0.717) is 31.1 Å². The molecule has 2 aromatic rings. The molecule has 2 aromatic carbocycles. The number of ether oxygens (including phenoxy) is 4. The second kappa shape index (κ2) is 17.4. The van der Waals surface area contributed by atoms with Crippen LogP contribution in [0.15, 0.2) is 83.5 Å². The fourth-order valence-corrected chi connectivity index (χ4v) is 12.6. The molecular formula is C50H58F6O10. The quantitative estimate of drug-likeness (QED) is 0.117. The number of rotatable bonds is 13. The molecule has 0 heterocycles. The van der Waals surface area contributed by atoms with Gasteiger partial charge in [0, 0.05) is 65.6 Å². The van der Waals surface area contributed by atoms with E-state index in [9.17, 15) is 29.1 Å². The van der Waals surface area contributed by atoms with Crippen LogP contribution in [0.2, 0.25) is 0 Å². The van der Waals surface area contributed by atoms with Crippen LogP contribution in [0.25, 0.3) is 0 Å². The number of hydrogen-bond acceptors (Lipinski definition) is 9. The summed E-state index contributed by atoms with van der Waals surface area (Å²) in [5, 5.41) is 9.87. The average molecular weight is 933 g/mol. The van der Waals surface area contributed by atoms with Crippen molar-refractivity contribution < 1.29 is 74.4 Å². The van der Waals surface area contributed by atoms with Gasteiger partial charge in [-0.25, -0.2) is 14.4 Å². The Morgan fingerprint density at radius 1 is 0.818 bits per heavy atom. The number of ketones is 2. The molecule has 6 rings (SSSR count). The number of halogens is 6. The lowest BCUT2D eigenvalue weighted by atomic mass is 9.43. The molecule has 2 saturated carbocycles. The van der Waals surface area contributed by atoms with Gasteiger partial charge in [-0.15, -0.1) is 0 Å². The van der Waals surface area contributed by atoms with Crippen molar-refractivity contribution >= 4 is 29.5 Å². The normalized spacial score (nSPS) is 30.5. The van der Waals surface area contributed by atoms with Gasteiger partial charge in [-0.3, -0.25) is 9.59 Å². The van der Waals surface area contributed by atoms with Gasteiger partial charge in [0.2, 0.25) is 0 Å². The molecule has 0 amide bonds. The number of carbonyl (C=O) groups excluding carboxylic acids is 4. The molecular weight excluding hydrogens is 875 g/mol. The van der Waals surface area contributed by atoms with Gasteiger partial charge >= 0.3 is 30.3 Å². The number of carbonyl (C=O) groups is 5. The molecule has 0 bridgehead atoms. The third-order valence-electron chi connectivity index (χ3n) is 16.3. The van der Waals surface area contributed by atoms with E-state index in [-0.39, 0.29) is 55.2 Å². The molecule has 0 saturated heterocycles. The maximum absolute atomic E-state index is 15.4. The fraction of sp³-hybridized carbons (Fsp3) is 0.580. The molecule has 10 atom stereocenters. The summed E-state index contributed by atoms with van der Waals surface area (Å²) in [6.45, 7) is 12.1. The first kappa shape index (κ1) is 50.6. The first-order valence-electron chi connectivity index (χ1n) is 22.1. The molecule has 0 spiro atoms. The zero-order valence-electron chi connectivity index (χ0n) is 38.6. The van der Waals surface area contributed by atoms with Crippen molar-refractivity contribution in [2.75, 3.05) is 14.2 Å². The Kier molecular flexibility index (Phi) is 13.3. The van der Waals surface area contributed by atoms with Gasteiger partial charge < -0.3 is 24.1 Å². The number of allylic oxidation sites excluding steroid dienone is 1. The summed E-state index contributed by atoms with van der Waals surface area (Å²) >= 11 is 0. The minimum absolute atomic E-state index is 0.0584. The predicted octanol–water partition coefficient (Wildman–Crippen LogP) is 10.2. The summed E-state index contributed by atoms with van der Waals surface area (Å²) < 4.78 is 113. The number of Topliss-reactive ketones (excluding diaryl/α,β-unsaturated/α-hetero) is 2. The van der Waals surface area contributed by atoms with Crippen LogP contribution in [0.1, 0.15) is 105 Å². The standard InChI is InChI=1S/C50H58F6O10/c1-28(24-32(25-29(2)40(59)60)65-41(61)47(63-8,49(51,52)53)30-16-12-10-13-17-30)34-26-38(66-42(62)48(64-9,50(54,55)56)31-18-14-11-15-19-31)46(7)33-20-21-36-43(3,4)37(58)22-23-44(36,5)39(33)35(57)27-45(34,46)6/h10-19,25,28,32,34,36,38H,20-24,26-27H2,1-9H3,(H,59,60)/b29-25+/t28-,32+,34-,36+,38+,44+,45-,46-,47-,48-/m1/s1. The molecule has 0 aliphatic heterocycles. The lowest BCUT2D eigenvalue weighted by molar-refractivity contribution is -0.280. The third-order valence-corrected chi connectivity index (χ3v) is 16.3. The van der Waals surface area contributed by atoms with Crippen molar-refractivity contribution in [1.29, 1.82) is 0 Å². The summed E-state index contributed by atoms with van der Waals surface area (Å²) in [5.74, 6) is -7.06. The largest absolute Gasteiger partial charge is 0.478 e. The number of hydrogen-bond donors (Lipinski definition) is 1. The van der Waals surface area contributed by atoms with Crippen LogP contribution in [-0.2, 0) is 54.1 Å². The molecule has 0 aromatic heterocycles. The lowest BCUT2D eigenvalue weighted by Crippen LogP contribution is -2.58. The Morgan fingerprint density at radius 3 is 1.82 bits per heavy atom. The zero-order valence-corrected chi connectivity index (χ0v) is 38.6. The van der Waals surface area contributed by atoms with Gasteiger partial charge in [-0.1, -0.05) is 108 Å². The van der Waals surface area contributed by atoms with E-state index >= 15 is 26.3 Å². The van der Waals surface area contributed by atoms with Crippen molar-refractivity contribution in [2.24, 2.45) is 39.4 Å². The molecule has 0 radical (unpaired) electrons. The van der Waals surface area contributed by atoms with Gasteiger partial charge in [-0.05, 0) is 68.3 Å². The maximum atomic E-state index is 15.4. The van der Waals surface area contributed by atoms with E-state index in [2.05, 4.69) is 0 Å². The van der Waals surface area contributed by atoms with Crippen LogP contribution in [-0.4, -0.2) is 73.4 Å². The molecule has 1 N–H and O–H groups in total. The highest BCUT2D eigenvalue weighted by molar-refractivity contribution is 6.01. The molecule has 10 nitrogen and oxygen atoms in total. The second-order valence-corrected chi connectivity index (χ2v) is 19.8. The smallest absolute Gasteiger partial charge is 0.432 e. The first-order valence-corrected chi connectivity index (χ1v) is 22.1. The topological polar surface area (TPSA) is 142 Å².